The van der Waals surface area contributed by atoms with E-state index in [-0.39, 0.29) is 11.9 Å². The number of rotatable bonds is 10. The minimum atomic E-state index is -0.0352. The number of nitrogens with zero attached hydrogens (tertiary/aromatic N) is 3. The predicted octanol–water partition coefficient (Wildman–Crippen LogP) is 6.00. The largest absolute Gasteiger partial charge is 0.420 e. The SMILES string of the molecule is CCCCCC/N=C1/O/C(=C/c2ccc(N(CC)CC)cc2)C(=O)N1C1CCCCC1. The molecule has 0 spiro atoms. The van der Waals surface area contributed by atoms with Crippen LogP contribution in [0.15, 0.2) is 35.0 Å². The molecule has 0 radical (unpaired) electrons. The number of carbonyl (C=O) groups is 1. The van der Waals surface area contributed by atoms with Gasteiger partial charge in [0.25, 0.3) is 5.91 Å². The van der Waals surface area contributed by atoms with Crippen molar-refractivity contribution in [3.8, 4) is 0 Å². The lowest BCUT2D eigenvalue weighted by Gasteiger charge is -2.28. The van der Waals surface area contributed by atoms with Gasteiger partial charge in [-0.15, -0.1) is 0 Å². The Morgan fingerprint density at radius 3 is 2.39 bits per heavy atom. The van der Waals surface area contributed by atoms with Crippen LogP contribution in [-0.4, -0.2) is 42.5 Å². The van der Waals surface area contributed by atoms with Crippen LogP contribution in [0.25, 0.3) is 6.08 Å². The van der Waals surface area contributed by atoms with Gasteiger partial charge < -0.3 is 9.64 Å². The van der Waals surface area contributed by atoms with Crippen LogP contribution in [0.1, 0.15) is 84.1 Å². The molecule has 1 amide bonds. The molecule has 31 heavy (non-hydrogen) atoms. The van der Waals surface area contributed by atoms with E-state index in [0.717, 1.165) is 44.5 Å². The molecule has 1 aliphatic heterocycles. The van der Waals surface area contributed by atoms with Gasteiger partial charge >= 0.3 is 6.02 Å². The van der Waals surface area contributed by atoms with Crippen molar-refractivity contribution >= 4 is 23.7 Å². The molecule has 1 saturated carbocycles. The summed E-state index contributed by atoms with van der Waals surface area (Å²) in [5.74, 6) is 0.362. The molecule has 2 aliphatic rings. The second-order valence-corrected chi connectivity index (χ2v) is 8.57. The summed E-state index contributed by atoms with van der Waals surface area (Å²) in [6.07, 6.45) is 12.2. The van der Waals surface area contributed by atoms with Crippen LogP contribution in [0, 0.1) is 0 Å². The number of anilines is 1. The van der Waals surface area contributed by atoms with E-state index in [1.165, 1.54) is 44.2 Å². The van der Waals surface area contributed by atoms with Crippen LogP contribution >= 0.6 is 0 Å². The standard InChI is InChI=1S/C26H39N3O2/c1-4-7-8-12-19-27-26-29(23-13-10-9-11-14-23)25(30)24(31-26)20-21-15-17-22(18-16-21)28(5-2)6-3/h15-18,20,23H,4-14,19H2,1-3H3/b24-20+,27-26+. The number of amidine groups is 1. The number of aliphatic imine (C=N–C) groups is 1. The van der Waals surface area contributed by atoms with Crippen molar-refractivity contribution in [3.05, 3.63) is 35.6 Å². The lowest BCUT2D eigenvalue weighted by atomic mass is 9.94. The highest BCUT2D eigenvalue weighted by Crippen LogP contribution is 2.30. The van der Waals surface area contributed by atoms with E-state index in [0.29, 0.717) is 11.8 Å². The van der Waals surface area contributed by atoms with E-state index >= 15 is 0 Å². The Balaban J connectivity index is 1.77. The Morgan fingerprint density at radius 2 is 1.74 bits per heavy atom. The molecule has 3 rings (SSSR count). The molecule has 2 fully saturated rings. The van der Waals surface area contributed by atoms with E-state index in [1.807, 2.05) is 11.0 Å². The van der Waals surface area contributed by atoms with E-state index in [1.54, 1.807) is 0 Å². The summed E-state index contributed by atoms with van der Waals surface area (Å²) in [4.78, 5) is 22.1. The van der Waals surface area contributed by atoms with E-state index in [4.69, 9.17) is 9.73 Å². The fraction of sp³-hybridized carbons (Fsp3) is 0.615. The van der Waals surface area contributed by atoms with Crippen molar-refractivity contribution in [3.63, 3.8) is 0 Å². The second-order valence-electron chi connectivity index (χ2n) is 8.57. The summed E-state index contributed by atoms with van der Waals surface area (Å²) in [5, 5.41) is 0. The Bertz CT molecular complexity index is 759. The van der Waals surface area contributed by atoms with Gasteiger partial charge in [0, 0.05) is 31.4 Å². The number of benzene rings is 1. The monoisotopic (exact) mass is 425 g/mol. The van der Waals surface area contributed by atoms with Gasteiger partial charge in [-0.2, -0.15) is 0 Å². The molecule has 5 nitrogen and oxygen atoms in total. The number of hydrogen-bond acceptors (Lipinski definition) is 4. The third-order valence-corrected chi connectivity index (χ3v) is 6.35. The van der Waals surface area contributed by atoms with Crippen LogP contribution in [-0.2, 0) is 9.53 Å². The van der Waals surface area contributed by atoms with Gasteiger partial charge in [0.05, 0.1) is 0 Å². The molecule has 0 N–H and O–H groups in total. The first kappa shape index (κ1) is 23.4. The lowest BCUT2D eigenvalue weighted by Crippen LogP contribution is -2.41. The molecular weight excluding hydrogens is 386 g/mol. The van der Waals surface area contributed by atoms with Crippen molar-refractivity contribution in [2.75, 3.05) is 24.5 Å². The summed E-state index contributed by atoms with van der Waals surface area (Å²) in [6, 6.07) is 9.07. The summed E-state index contributed by atoms with van der Waals surface area (Å²) in [7, 11) is 0. The van der Waals surface area contributed by atoms with Gasteiger partial charge in [0.15, 0.2) is 5.76 Å². The van der Waals surface area contributed by atoms with Crippen molar-refractivity contribution in [2.45, 2.75) is 84.6 Å². The molecule has 1 aromatic carbocycles. The molecule has 1 aromatic rings. The van der Waals surface area contributed by atoms with Crippen molar-refractivity contribution in [2.24, 2.45) is 4.99 Å². The molecule has 1 aliphatic carbocycles. The van der Waals surface area contributed by atoms with E-state index in [9.17, 15) is 4.79 Å². The Labute approximate surface area is 188 Å². The van der Waals surface area contributed by atoms with Crippen LogP contribution in [0.3, 0.4) is 0 Å². The third kappa shape index (κ3) is 6.11. The fourth-order valence-electron chi connectivity index (χ4n) is 4.49. The number of amides is 1. The molecule has 1 saturated heterocycles. The highest BCUT2D eigenvalue weighted by atomic mass is 16.5. The molecule has 1 heterocycles. The van der Waals surface area contributed by atoms with Gasteiger partial charge in [-0.25, -0.2) is 4.99 Å². The highest BCUT2D eigenvalue weighted by molar-refractivity contribution is 6.11. The average Bonchev–Trinajstić information content (AvgIpc) is 3.11. The van der Waals surface area contributed by atoms with Crippen molar-refractivity contribution in [1.29, 1.82) is 0 Å². The molecule has 0 bridgehead atoms. The van der Waals surface area contributed by atoms with Gasteiger partial charge in [0.2, 0.25) is 0 Å². The Hall–Kier alpha value is -2.30. The smallest absolute Gasteiger partial charge is 0.300 e. The van der Waals surface area contributed by atoms with Gasteiger partial charge in [-0.05, 0) is 56.9 Å². The number of ether oxygens (including phenoxy) is 1. The van der Waals surface area contributed by atoms with Crippen LogP contribution in [0.4, 0.5) is 5.69 Å². The maximum atomic E-state index is 13.3. The van der Waals surface area contributed by atoms with Crippen LogP contribution in [0.5, 0.6) is 0 Å². The minimum absolute atomic E-state index is 0.0352. The van der Waals surface area contributed by atoms with Crippen LogP contribution < -0.4 is 4.90 Å². The second kappa shape index (κ2) is 11.9. The zero-order valence-electron chi connectivity index (χ0n) is 19.6. The van der Waals surface area contributed by atoms with Gasteiger partial charge in [-0.3, -0.25) is 9.69 Å². The normalized spacial score (nSPS) is 20.0. The summed E-state index contributed by atoms with van der Waals surface area (Å²) >= 11 is 0. The molecular formula is C26H39N3O2. The first-order valence-corrected chi connectivity index (χ1v) is 12.3. The maximum Gasteiger partial charge on any atom is 0.300 e. The van der Waals surface area contributed by atoms with Crippen LogP contribution in [0.2, 0.25) is 0 Å². The number of hydrogen-bond donors (Lipinski definition) is 0. The average molecular weight is 426 g/mol. The predicted molar refractivity (Wildman–Crippen MR) is 129 cm³/mol. The Kier molecular flexibility index (Phi) is 8.98. The summed E-state index contributed by atoms with van der Waals surface area (Å²) < 4.78 is 6.05. The third-order valence-electron chi connectivity index (χ3n) is 6.35. The zero-order valence-corrected chi connectivity index (χ0v) is 19.6. The topological polar surface area (TPSA) is 45.1 Å². The molecule has 0 unspecified atom stereocenters. The van der Waals surface area contributed by atoms with Gasteiger partial charge in [-0.1, -0.05) is 57.6 Å². The summed E-state index contributed by atoms with van der Waals surface area (Å²) in [5.41, 5.74) is 2.18. The fourth-order valence-corrected chi connectivity index (χ4v) is 4.49. The summed E-state index contributed by atoms with van der Waals surface area (Å²) in [6.45, 7) is 9.21. The molecule has 5 heteroatoms. The minimum Gasteiger partial charge on any atom is -0.420 e. The number of carbonyl (C=O) groups excluding carboxylic acids is 1. The first-order valence-electron chi connectivity index (χ1n) is 12.3. The highest BCUT2D eigenvalue weighted by Gasteiger charge is 2.39. The van der Waals surface area contributed by atoms with E-state index < -0.39 is 0 Å². The quantitative estimate of drug-likeness (QED) is 0.341. The van der Waals surface area contributed by atoms with Gasteiger partial charge in [0.1, 0.15) is 0 Å². The van der Waals surface area contributed by atoms with Crippen molar-refractivity contribution in [1.82, 2.24) is 4.90 Å². The van der Waals surface area contributed by atoms with Crippen molar-refractivity contribution < 1.29 is 9.53 Å². The molecule has 170 valence electrons. The first-order chi connectivity index (χ1) is 15.2. The molecule has 0 aromatic heterocycles. The Morgan fingerprint density at radius 1 is 1.03 bits per heavy atom. The zero-order chi connectivity index (χ0) is 22.1. The lowest BCUT2D eigenvalue weighted by molar-refractivity contribution is -0.124. The molecule has 0 atom stereocenters. The maximum absolute atomic E-state index is 13.3. The van der Waals surface area contributed by atoms with E-state index in [2.05, 4.69) is 49.9 Å². The number of unbranched alkanes of at least 4 members (excludes halogenated alkanes) is 3.